The molecule has 0 saturated carbocycles. The Kier molecular flexibility index (Phi) is 8.16. The molecule has 3 aromatic carbocycles. The molecule has 0 amide bonds. The maximum absolute atomic E-state index is 6.06. The number of methoxy groups -OCH3 is 2. The quantitative estimate of drug-likeness (QED) is 0.273. The van der Waals surface area contributed by atoms with Crippen molar-refractivity contribution in [3.8, 4) is 17.2 Å². The van der Waals surface area contributed by atoms with Gasteiger partial charge in [0.05, 0.1) is 31.5 Å². The molecule has 30 heavy (non-hydrogen) atoms. The Hall–Kier alpha value is -2.51. The molecule has 0 saturated heterocycles. The van der Waals surface area contributed by atoms with Crippen molar-refractivity contribution in [3.05, 3.63) is 86.3 Å². The van der Waals surface area contributed by atoms with Crippen LogP contribution in [0.15, 0.2) is 74.7 Å². The summed E-state index contributed by atoms with van der Waals surface area (Å²) >= 11 is 7.11. The summed E-state index contributed by atoms with van der Waals surface area (Å²) < 4.78 is 18.5. The zero-order valence-corrected chi connectivity index (χ0v) is 19.9. The Balaban J connectivity index is 1.68. The Morgan fingerprint density at radius 3 is 2.40 bits per heavy atom. The van der Waals surface area contributed by atoms with Crippen LogP contribution in [-0.4, -0.2) is 20.4 Å². The number of hydrogen-bond donors (Lipinski definition) is 1. The summed E-state index contributed by atoms with van der Waals surface area (Å²) in [5.74, 6) is 2.12. The zero-order chi connectivity index (χ0) is 21.3. The number of hydrogen-bond acceptors (Lipinski definition) is 5. The van der Waals surface area contributed by atoms with Crippen molar-refractivity contribution in [2.24, 2.45) is 5.10 Å². The van der Waals surface area contributed by atoms with Gasteiger partial charge in [-0.05, 0) is 51.3 Å². The van der Waals surface area contributed by atoms with Crippen molar-refractivity contribution in [1.29, 1.82) is 0 Å². The number of hydrazone groups is 1. The molecular weight excluding hydrogens is 512 g/mol. The van der Waals surface area contributed by atoms with E-state index in [1.807, 2.05) is 60.7 Å². The maximum atomic E-state index is 6.06. The first-order valence-corrected chi connectivity index (χ1v) is 10.8. The summed E-state index contributed by atoms with van der Waals surface area (Å²) in [7, 11) is 3.24. The molecule has 3 rings (SSSR count). The van der Waals surface area contributed by atoms with Crippen LogP contribution < -0.4 is 19.6 Å². The minimum Gasteiger partial charge on any atom is -0.493 e. The second-order valence-corrected chi connectivity index (χ2v) is 8.13. The molecule has 0 radical (unpaired) electrons. The van der Waals surface area contributed by atoms with Gasteiger partial charge < -0.3 is 19.6 Å². The van der Waals surface area contributed by atoms with Crippen LogP contribution in [0.2, 0.25) is 0 Å². The predicted molar refractivity (Wildman–Crippen MR) is 127 cm³/mol. The fourth-order valence-corrected chi connectivity index (χ4v) is 4.17. The molecule has 0 aliphatic heterocycles. The van der Waals surface area contributed by atoms with Gasteiger partial charge in [-0.15, -0.1) is 0 Å². The monoisotopic (exact) mass is 532 g/mol. The summed E-state index contributed by atoms with van der Waals surface area (Å²) in [4.78, 5) is 0. The third kappa shape index (κ3) is 6.00. The molecular formula is C23H22Br2N2O3. The van der Waals surface area contributed by atoms with Crippen molar-refractivity contribution in [2.75, 3.05) is 14.2 Å². The third-order valence-electron chi connectivity index (χ3n) is 4.29. The number of nitrogens with one attached hydrogen (secondary N) is 1. The normalized spacial score (nSPS) is 10.8. The lowest BCUT2D eigenvalue weighted by molar-refractivity contribution is 0.304. The fourth-order valence-electron chi connectivity index (χ4n) is 2.80. The van der Waals surface area contributed by atoms with Gasteiger partial charge in [0.15, 0.2) is 11.5 Å². The lowest BCUT2D eigenvalue weighted by atomic mass is 10.2. The van der Waals surface area contributed by atoms with E-state index in [4.69, 9.17) is 14.2 Å². The minimum atomic E-state index is 0.473. The van der Waals surface area contributed by atoms with Crippen LogP contribution in [-0.2, 0) is 13.2 Å². The molecule has 3 aromatic rings. The van der Waals surface area contributed by atoms with Gasteiger partial charge in [0.2, 0.25) is 0 Å². The van der Waals surface area contributed by atoms with Crippen molar-refractivity contribution in [1.82, 2.24) is 5.43 Å². The predicted octanol–water partition coefficient (Wildman–Crippen LogP) is 5.93. The number of rotatable bonds is 9. The van der Waals surface area contributed by atoms with Gasteiger partial charge in [0.25, 0.3) is 0 Å². The number of halogens is 2. The van der Waals surface area contributed by atoms with Gasteiger partial charge in [-0.25, -0.2) is 0 Å². The Labute approximate surface area is 193 Å². The van der Waals surface area contributed by atoms with Gasteiger partial charge >= 0.3 is 0 Å². The first-order chi connectivity index (χ1) is 14.6. The molecule has 0 atom stereocenters. The fraction of sp³-hybridized carbons (Fsp3) is 0.174. The van der Waals surface area contributed by atoms with Crippen LogP contribution in [0, 0.1) is 0 Å². The SMILES string of the molecule is COc1ccc(CN/N=C/c2cc(Br)cc(Br)c2OCc2ccccc2)cc1OC. The van der Waals surface area contributed by atoms with E-state index in [0.717, 1.165) is 31.4 Å². The lowest BCUT2D eigenvalue weighted by Gasteiger charge is -2.12. The van der Waals surface area contributed by atoms with Crippen LogP contribution >= 0.6 is 31.9 Å². The van der Waals surface area contributed by atoms with Crippen molar-refractivity contribution in [2.45, 2.75) is 13.2 Å². The van der Waals surface area contributed by atoms with Crippen molar-refractivity contribution < 1.29 is 14.2 Å². The van der Waals surface area contributed by atoms with Gasteiger partial charge in [0, 0.05) is 10.0 Å². The largest absolute Gasteiger partial charge is 0.493 e. The number of nitrogens with zero attached hydrogens (tertiary/aromatic N) is 1. The molecule has 7 heteroatoms. The number of benzene rings is 3. The van der Waals surface area contributed by atoms with Crippen LogP contribution in [0.5, 0.6) is 17.2 Å². The average molecular weight is 534 g/mol. The van der Waals surface area contributed by atoms with Gasteiger partial charge in [-0.1, -0.05) is 52.3 Å². The standard InChI is InChI=1S/C23H22Br2N2O3/c1-28-21-9-8-17(10-22(21)29-2)13-26-27-14-18-11-19(24)12-20(25)23(18)30-15-16-6-4-3-5-7-16/h3-12,14,26H,13,15H2,1-2H3/b27-14+. The summed E-state index contributed by atoms with van der Waals surface area (Å²) in [5.41, 5.74) is 6.05. The molecule has 0 aliphatic carbocycles. The maximum Gasteiger partial charge on any atom is 0.161 e. The highest BCUT2D eigenvalue weighted by atomic mass is 79.9. The van der Waals surface area contributed by atoms with Crippen LogP contribution in [0.25, 0.3) is 0 Å². The second kappa shape index (κ2) is 11.0. The molecule has 0 spiro atoms. The van der Waals surface area contributed by atoms with E-state index in [2.05, 4.69) is 42.4 Å². The molecule has 0 unspecified atom stereocenters. The first-order valence-electron chi connectivity index (χ1n) is 9.23. The van der Waals surface area contributed by atoms with E-state index in [0.29, 0.717) is 24.7 Å². The molecule has 0 aromatic heterocycles. The molecule has 1 N–H and O–H groups in total. The Bertz CT molecular complexity index is 1010. The summed E-state index contributed by atoms with van der Waals surface area (Å²) in [6.45, 7) is 1.02. The summed E-state index contributed by atoms with van der Waals surface area (Å²) in [6, 6.07) is 19.7. The molecule has 0 bridgehead atoms. The molecule has 0 heterocycles. The highest BCUT2D eigenvalue weighted by Crippen LogP contribution is 2.33. The molecule has 0 fully saturated rings. The van der Waals surface area contributed by atoms with Gasteiger partial charge in [0.1, 0.15) is 12.4 Å². The summed E-state index contributed by atoms with van der Waals surface area (Å²) in [6.07, 6.45) is 1.75. The molecule has 156 valence electrons. The Morgan fingerprint density at radius 2 is 1.67 bits per heavy atom. The van der Waals surface area contributed by atoms with E-state index >= 15 is 0 Å². The average Bonchev–Trinajstić information content (AvgIpc) is 2.76. The van der Waals surface area contributed by atoms with Crippen LogP contribution in [0.4, 0.5) is 0 Å². The van der Waals surface area contributed by atoms with E-state index in [1.165, 1.54) is 0 Å². The van der Waals surface area contributed by atoms with Crippen molar-refractivity contribution in [3.63, 3.8) is 0 Å². The summed E-state index contributed by atoms with van der Waals surface area (Å²) in [5, 5.41) is 4.36. The van der Waals surface area contributed by atoms with E-state index in [-0.39, 0.29) is 0 Å². The zero-order valence-electron chi connectivity index (χ0n) is 16.7. The van der Waals surface area contributed by atoms with Crippen molar-refractivity contribution >= 4 is 38.1 Å². The van der Waals surface area contributed by atoms with E-state index in [1.54, 1.807) is 20.4 Å². The van der Waals surface area contributed by atoms with Gasteiger partial charge in [-0.3, -0.25) is 0 Å². The van der Waals surface area contributed by atoms with Crippen LogP contribution in [0.1, 0.15) is 16.7 Å². The number of ether oxygens (including phenoxy) is 3. The lowest BCUT2D eigenvalue weighted by Crippen LogP contribution is -2.07. The van der Waals surface area contributed by atoms with Crippen LogP contribution in [0.3, 0.4) is 0 Å². The molecule has 0 aliphatic rings. The Morgan fingerprint density at radius 1 is 0.900 bits per heavy atom. The highest BCUT2D eigenvalue weighted by Gasteiger charge is 2.10. The topological polar surface area (TPSA) is 52.1 Å². The van der Waals surface area contributed by atoms with E-state index in [9.17, 15) is 0 Å². The molecule has 5 nitrogen and oxygen atoms in total. The highest BCUT2D eigenvalue weighted by molar-refractivity contribution is 9.11. The first kappa shape index (κ1) is 22.2. The van der Waals surface area contributed by atoms with Gasteiger partial charge in [-0.2, -0.15) is 5.10 Å². The smallest absolute Gasteiger partial charge is 0.161 e. The minimum absolute atomic E-state index is 0.473. The second-order valence-electron chi connectivity index (χ2n) is 6.36. The third-order valence-corrected chi connectivity index (χ3v) is 5.34. The van der Waals surface area contributed by atoms with E-state index < -0.39 is 0 Å².